The third-order valence-corrected chi connectivity index (χ3v) is 5.64. The largest absolute Gasteiger partial charge is 0.507 e. The van der Waals surface area contributed by atoms with E-state index in [4.69, 9.17) is 16.0 Å². The van der Waals surface area contributed by atoms with E-state index in [2.05, 4.69) is 10.2 Å². The maximum absolute atomic E-state index is 11.3. The number of hydrogen-bond acceptors (Lipinski definition) is 9. The van der Waals surface area contributed by atoms with Gasteiger partial charge in [-0.3, -0.25) is 9.11 Å². The smallest absolute Gasteiger partial charge is 0.296 e. The Morgan fingerprint density at radius 2 is 1.48 bits per heavy atom. The maximum Gasteiger partial charge on any atom is 0.296 e. The molecule has 11 nitrogen and oxygen atoms in total. The lowest BCUT2D eigenvalue weighted by Gasteiger charge is -2.07. The van der Waals surface area contributed by atoms with Crippen LogP contribution in [-0.4, -0.2) is 31.0 Å². The lowest BCUT2D eigenvalue weighted by molar-refractivity contribution is 0.471. The van der Waals surface area contributed by atoms with E-state index in [9.17, 15) is 26.5 Å². The van der Waals surface area contributed by atoms with Gasteiger partial charge in [-0.2, -0.15) is 21.9 Å². The molecule has 0 radical (unpaired) electrons. The summed E-state index contributed by atoms with van der Waals surface area (Å²) in [5, 5.41) is 18.3. The van der Waals surface area contributed by atoms with Crippen LogP contribution in [0.4, 0.5) is 22.7 Å². The van der Waals surface area contributed by atoms with Crippen molar-refractivity contribution in [3.63, 3.8) is 0 Å². The number of phenolic OH excluding ortho intramolecular Hbond substituents is 1. The predicted molar refractivity (Wildman–Crippen MR) is 105 cm³/mol. The Morgan fingerprint density at radius 1 is 0.793 bits per heavy atom. The van der Waals surface area contributed by atoms with Gasteiger partial charge in [0.2, 0.25) is 0 Å². The Hall–Kier alpha value is -3.26. The van der Waals surface area contributed by atoms with Crippen molar-refractivity contribution in [1.82, 2.24) is 0 Å². The molecule has 0 unspecified atom stereocenters. The first-order chi connectivity index (χ1) is 13.4. The first kappa shape index (κ1) is 20.5. The third-order valence-electron chi connectivity index (χ3n) is 3.90. The lowest BCUT2D eigenvalue weighted by Crippen LogP contribution is -2.04. The second-order valence-corrected chi connectivity index (χ2v) is 8.76. The quantitative estimate of drug-likeness (QED) is 0.230. The molecule has 0 fully saturated rings. The van der Waals surface area contributed by atoms with E-state index < -0.39 is 35.8 Å². The van der Waals surface area contributed by atoms with Gasteiger partial charge in [-0.15, -0.1) is 5.11 Å². The molecule has 0 saturated heterocycles. The number of phenols is 1. The van der Waals surface area contributed by atoms with Gasteiger partial charge in [0, 0.05) is 11.5 Å². The fourth-order valence-corrected chi connectivity index (χ4v) is 3.69. The van der Waals surface area contributed by atoms with Gasteiger partial charge in [0.15, 0.2) is 0 Å². The van der Waals surface area contributed by atoms with Crippen molar-refractivity contribution < 1.29 is 31.0 Å². The molecule has 3 aromatic rings. The van der Waals surface area contributed by atoms with Crippen LogP contribution < -0.4 is 11.5 Å². The number of nitrogens with zero attached hydrogens (tertiary/aromatic N) is 2. The average Bonchev–Trinajstić information content (AvgIpc) is 2.59. The molecule has 0 aromatic heterocycles. The molecule has 0 atom stereocenters. The Kier molecular flexibility index (Phi) is 4.92. The molecular formula is C16H14N4O7S2. The minimum atomic E-state index is -4.59. The molecule has 3 rings (SSSR count). The van der Waals surface area contributed by atoms with Crippen molar-refractivity contribution in [1.29, 1.82) is 0 Å². The molecule has 0 heterocycles. The lowest BCUT2D eigenvalue weighted by atomic mass is 10.1. The number of benzene rings is 3. The summed E-state index contributed by atoms with van der Waals surface area (Å²) in [6, 6.07) is 8.39. The molecule has 29 heavy (non-hydrogen) atoms. The molecule has 0 aliphatic carbocycles. The van der Waals surface area contributed by atoms with E-state index in [0.29, 0.717) is 5.39 Å². The summed E-state index contributed by atoms with van der Waals surface area (Å²) >= 11 is 0. The molecule has 0 bridgehead atoms. The van der Waals surface area contributed by atoms with E-state index >= 15 is 0 Å². The zero-order valence-corrected chi connectivity index (χ0v) is 16.0. The van der Waals surface area contributed by atoms with Crippen LogP contribution in [0.1, 0.15) is 0 Å². The monoisotopic (exact) mass is 438 g/mol. The summed E-state index contributed by atoms with van der Waals surface area (Å²) in [5.74, 6) is -0.409. The zero-order valence-electron chi connectivity index (χ0n) is 14.4. The molecule has 7 N–H and O–H groups in total. The zero-order chi connectivity index (χ0) is 21.6. The number of nitrogens with two attached hydrogens (primary N) is 2. The van der Waals surface area contributed by atoms with Crippen LogP contribution in [0, 0.1) is 0 Å². The number of fused-ring (bicyclic) bond motifs is 1. The van der Waals surface area contributed by atoms with Gasteiger partial charge >= 0.3 is 0 Å². The Labute approximate surface area is 164 Å². The van der Waals surface area contributed by atoms with Crippen molar-refractivity contribution in [2.45, 2.75) is 9.79 Å². The number of aromatic hydroxyl groups is 1. The summed E-state index contributed by atoms with van der Waals surface area (Å²) in [6.45, 7) is 0. The summed E-state index contributed by atoms with van der Waals surface area (Å²) in [6.07, 6.45) is 0. The number of azo groups is 1. The van der Waals surface area contributed by atoms with Crippen LogP contribution >= 0.6 is 0 Å². The third kappa shape index (κ3) is 4.27. The number of nitrogen functional groups attached to an aromatic ring is 2. The first-order valence-electron chi connectivity index (χ1n) is 7.69. The van der Waals surface area contributed by atoms with E-state index in [1.165, 1.54) is 24.3 Å². The fraction of sp³-hybridized carbons (Fsp3) is 0. The highest BCUT2D eigenvalue weighted by atomic mass is 32.2. The highest BCUT2D eigenvalue weighted by molar-refractivity contribution is 7.86. The maximum atomic E-state index is 11.3. The molecule has 152 valence electrons. The summed E-state index contributed by atoms with van der Waals surface area (Å²) in [5.41, 5.74) is 11.2. The highest BCUT2D eigenvalue weighted by Crippen LogP contribution is 2.34. The van der Waals surface area contributed by atoms with Crippen LogP contribution in [0.5, 0.6) is 5.75 Å². The van der Waals surface area contributed by atoms with Crippen LogP contribution in [0.2, 0.25) is 0 Å². The molecule has 0 aliphatic heterocycles. The number of hydrogen-bond donors (Lipinski definition) is 5. The Balaban J connectivity index is 2.05. The van der Waals surface area contributed by atoms with Crippen molar-refractivity contribution >= 4 is 53.8 Å². The minimum absolute atomic E-state index is 0.0140. The van der Waals surface area contributed by atoms with Gasteiger partial charge < -0.3 is 16.6 Å². The molecule has 0 amide bonds. The summed E-state index contributed by atoms with van der Waals surface area (Å²) in [7, 11) is -9.08. The van der Waals surface area contributed by atoms with E-state index in [1.807, 2.05) is 0 Å². The Bertz CT molecular complexity index is 1380. The van der Waals surface area contributed by atoms with Crippen molar-refractivity contribution in [2.75, 3.05) is 11.5 Å². The second kappa shape index (κ2) is 6.97. The standard InChI is InChI=1S/C16H14N4O7S2/c17-12-6-13(18)16(29(25,26)27)7-14(12)20-19-9-2-1-8-3-10(28(22,23)24)5-15(21)11(8)4-9/h1-7,21H,17-18H2,(H,22,23,24)(H,25,26,27)/b20-19+. The van der Waals surface area contributed by atoms with Gasteiger partial charge in [0.05, 0.1) is 22.0 Å². The highest BCUT2D eigenvalue weighted by Gasteiger charge is 2.17. The minimum Gasteiger partial charge on any atom is -0.507 e. The summed E-state index contributed by atoms with van der Waals surface area (Å²) < 4.78 is 63.5. The van der Waals surface area contributed by atoms with Crippen LogP contribution in [0.3, 0.4) is 0 Å². The number of rotatable bonds is 4. The SMILES string of the molecule is Nc1cc(N)c(S(=O)(=O)O)cc1/N=N/c1ccc2cc(S(=O)(=O)O)cc(O)c2c1. The van der Waals surface area contributed by atoms with Crippen molar-refractivity contribution in [3.8, 4) is 5.75 Å². The fourth-order valence-electron chi connectivity index (χ4n) is 2.54. The normalized spacial score (nSPS) is 12.6. The van der Waals surface area contributed by atoms with Gasteiger partial charge in [0.1, 0.15) is 16.3 Å². The second-order valence-electron chi connectivity index (χ2n) is 5.95. The van der Waals surface area contributed by atoms with Gasteiger partial charge in [-0.05, 0) is 35.7 Å². The molecule has 0 spiro atoms. The average molecular weight is 438 g/mol. The van der Waals surface area contributed by atoms with Crippen molar-refractivity contribution in [3.05, 3.63) is 42.5 Å². The molecule has 3 aromatic carbocycles. The summed E-state index contributed by atoms with van der Waals surface area (Å²) in [4.78, 5) is -1.04. The number of anilines is 2. The molecule has 0 saturated carbocycles. The topological polar surface area (TPSA) is 206 Å². The van der Waals surface area contributed by atoms with E-state index in [1.54, 1.807) is 0 Å². The first-order valence-corrected chi connectivity index (χ1v) is 10.6. The molecular weight excluding hydrogens is 424 g/mol. The van der Waals surface area contributed by atoms with E-state index in [-0.39, 0.29) is 28.1 Å². The van der Waals surface area contributed by atoms with Crippen LogP contribution in [0.25, 0.3) is 10.8 Å². The van der Waals surface area contributed by atoms with Gasteiger partial charge in [0.25, 0.3) is 20.2 Å². The van der Waals surface area contributed by atoms with Crippen LogP contribution in [0.15, 0.2) is 62.5 Å². The van der Waals surface area contributed by atoms with Gasteiger partial charge in [-0.25, -0.2) is 0 Å². The van der Waals surface area contributed by atoms with Gasteiger partial charge in [-0.1, -0.05) is 6.07 Å². The molecule has 0 aliphatic rings. The molecule has 13 heteroatoms. The van der Waals surface area contributed by atoms with Crippen molar-refractivity contribution in [2.24, 2.45) is 10.2 Å². The van der Waals surface area contributed by atoms with E-state index in [0.717, 1.165) is 18.2 Å². The van der Waals surface area contributed by atoms with Crippen LogP contribution in [-0.2, 0) is 20.2 Å². The Morgan fingerprint density at radius 3 is 2.10 bits per heavy atom. The predicted octanol–water partition coefficient (Wildman–Crippen LogP) is 2.62.